The van der Waals surface area contributed by atoms with Crippen LogP contribution >= 0.6 is 0 Å². The van der Waals surface area contributed by atoms with Crippen LogP contribution in [-0.2, 0) is 0 Å². The fourth-order valence-electron chi connectivity index (χ4n) is 1.88. The molecule has 0 heterocycles. The minimum Gasteiger partial charge on any atom is -0.406 e. The number of carbonyl (C=O) groups excluding carboxylic acids is 1. The van der Waals surface area contributed by atoms with E-state index in [1.54, 1.807) is 24.3 Å². The average Bonchev–Trinajstić information content (AvgIpc) is 2.37. The molecule has 0 N–H and O–H groups in total. The monoisotopic (exact) mass is 280 g/mol. The lowest BCUT2D eigenvalue weighted by atomic mass is 9.98. The highest BCUT2D eigenvalue weighted by molar-refractivity contribution is 5.88. The Morgan fingerprint density at radius 3 is 2.50 bits per heavy atom. The molecule has 0 aliphatic rings. The van der Waals surface area contributed by atoms with Crippen LogP contribution in [0.1, 0.15) is 15.9 Å². The van der Waals surface area contributed by atoms with Crippen LogP contribution in [0.5, 0.6) is 5.75 Å². The molecule has 0 bridgehead atoms. The van der Waals surface area contributed by atoms with Gasteiger partial charge in [0, 0.05) is 5.56 Å². The Labute approximate surface area is 113 Å². The Morgan fingerprint density at radius 2 is 1.85 bits per heavy atom. The number of hydrogen-bond acceptors (Lipinski definition) is 2. The third kappa shape index (κ3) is 3.38. The topological polar surface area (TPSA) is 26.3 Å². The predicted octanol–water partition coefficient (Wildman–Crippen LogP) is 4.37. The van der Waals surface area contributed by atoms with Crippen molar-refractivity contribution in [3.05, 3.63) is 53.6 Å². The van der Waals surface area contributed by atoms with Gasteiger partial charge in [-0.1, -0.05) is 35.9 Å². The van der Waals surface area contributed by atoms with Crippen LogP contribution in [0.4, 0.5) is 13.2 Å². The Morgan fingerprint density at radius 1 is 1.10 bits per heavy atom. The average molecular weight is 280 g/mol. The first kappa shape index (κ1) is 14.1. The number of aldehydes is 1. The third-order valence-electron chi connectivity index (χ3n) is 2.71. The van der Waals surface area contributed by atoms with E-state index in [0.29, 0.717) is 23.0 Å². The first-order valence-corrected chi connectivity index (χ1v) is 5.81. The second-order valence-electron chi connectivity index (χ2n) is 4.28. The van der Waals surface area contributed by atoms with Crippen molar-refractivity contribution in [3.63, 3.8) is 0 Å². The van der Waals surface area contributed by atoms with Gasteiger partial charge in [0.25, 0.3) is 0 Å². The van der Waals surface area contributed by atoms with Gasteiger partial charge in [0.1, 0.15) is 5.75 Å². The quantitative estimate of drug-likeness (QED) is 0.780. The zero-order valence-electron chi connectivity index (χ0n) is 10.6. The molecule has 2 aromatic carbocycles. The molecule has 2 nitrogen and oxygen atoms in total. The van der Waals surface area contributed by atoms with Crippen LogP contribution in [0, 0.1) is 6.92 Å². The number of hydrogen-bond donors (Lipinski definition) is 0. The lowest BCUT2D eigenvalue weighted by Crippen LogP contribution is -2.17. The van der Waals surface area contributed by atoms with Crippen LogP contribution in [0.2, 0.25) is 0 Å². The van der Waals surface area contributed by atoms with Crippen molar-refractivity contribution < 1.29 is 22.7 Å². The Bertz CT molecular complexity index is 633. The molecule has 0 atom stereocenters. The summed E-state index contributed by atoms with van der Waals surface area (Å²) < 4.78 is 40.5. The van der Waals surface area contributed by atoms with E-state index in [2.05, 4.69) is 4.74 Å². The molecule has 0 saturated heterocycles. The third-order valence-corrected chi connectivity index (χ3v) is 2.71. The summed E-state index contributed by atoms with van der Waals surface area (Å²) in [5.74, 6) is -0.312. The van der Waals surface area contributed by atoms with E-state index < -0.39 is 6.36 Å². The van der Waals surface area contributed by atoms with Crippen LogP contribution in [0.15, 0.2) is 42.5 Å². The van der Waals surface area contributed by atoms with Crippen LogP contribution in [0.3, 0.4) is 0 Å². The lowest BCUT2D eigenvalue weighted by molar-refractivity contribution is -0.274. The van der Waals surface area contributed by atoms with E-state index in [-0.39, 0.29) is 5.75 Å². The highest BCUT2D eigenvalue weighted by Gasteiger charge is 2.31. The second-order valence-corrected chi connectivity index (χ2v) is 4.28. The maximum absolute atomic E-state index is 12.2. The highest BCUT2D eigenvalue weighted by atomic mass is 19.4. The van der Waals surface area contributed by atoms with Crippen LogP contribution < -0.4 is 4.74 Å². The summed E-state index contributed by atoms with van der Waals surface area (Å²) in [6, 6.07) is 10.7. The maximum Gasteiger partial charge on any atom is 0.573 e. The number of carbonyl (C=O) groups is 1. The van der Waals surface area contributed by atoms with Gasteiger partial charge in [0.05, 0.1) is 0 Å². The van der Waals surface area contributed by atoms with E-state index in [9.17, 15) is 18.0 Å². The molecule has 0 spiro atoms. The van der Waals surface area contributed by atoms with Gasteiger partial charge in [-0.2, -0.15) is 0 Å². The smallest absolute Gasteiger partial charge is 0.406 e. The van der Waals surface area contributed by atoms with Crippen molar-refractivity contribution in [1.29, 1.82) is 0 Å². The molecular weight excluding hydrogens is 269 g/mol. The van der Waals surface area contributed by atoms with Gasteiger partial charge in [-0.25, -0.2) is 0 Å². The summed E-state index contributed by atoms with van der Waals surface area (Å²) in [5.41, 5.74) is 2.40. The van der Waals surface area contributed by atoms with Gasteiger partial charge in [-0.3, -0.25) is 4.79 Å². The Hall–Kier alpha value is -2.30. The molecule has 0 aromatic heterocycles. The van der Waals surface area contributed by atoms with Crippen molar-refractivity contribution in [2.24, 2.45) is 0 Å². The molecule has 5 heteroatoms. The molecule has 0 aliphatic carbocycles. The van der Waals surface area contributed by atoms with E-state index in [4.69, 9.17) is 0 Å². The van der Waals surface area contributed by atoms with Gasteiger partial charge in [0.15, 0.2) is 6.29 Å². The number of alkyl halides is 3. The maximum atomic E-state index is 12.2. The largest absolute Gasteiger partial charge is 0.573 e. The first-order valence-electron chi connectivity index (χ1n) is 5.81. The molecule has 0 amide bonds. The van der Waals surface area contributed by atoms with Crippen LogP contribution in [-0.4, -0.2) is 12.6 Å². The molecule has 0 radical (unpaired) electrons. The van der Waals surface area contributed by atoms with Crippen molar-refractivity contribution in [2.75, 3.05) is 0 Å². The Balaban J connectivity index is 2.46. The fraction of sp³-hybridized carbons (Fsp3) is 0.133. The predicted molar refractivity (Wildman–Crippen MR) is 68.7 cm³/mol. The Kier molecular flexibility index (Phi) is 3.79. The summed E-state index contributed by atoms with van der Waals surface area (Å²) in [5, 5.41) is 0. The van der Waals surface area contributed by atoms with Gasteiger partial charge in [-0.15, -0.1) is 13.2 Å². The summed E-state index contributed by atoms with van der Waals surface area (Å²) >= 11 is 0. The zero-order chi connectivity index (χ0) is 14.8. The van der Waals surface area contributed by atoms with Gasteiger partial charge in [-0.05, 0) is 30.2 Å². The summed E-state index contributed by atoms with van der Waals surface area (Å²) in [7, 11) is 0. The van der Waals surface area contributed by atoms with E-state index in [0.717, 1.165) is 5.56 Å². The molecular formula is C15H11F3O2. The normalized spacial score (nSPS) is 11.2. The van der Waals surface area contributed by atoms with Gasteiger partial charge in [0.2, 0.25) is 0 Å². The zero-order valence-corrected chi connectivity index (χ0v) is 10.6. The lowest BCUT2D eigenvalue weighted by Gasteiger charge is -2.11. The van der Waals surface area contributed by atoms with Crippen molar-refractivity contribution in [3.8, 4) is 16.9 Å². The van der Waals surface area contributed by atoms with E-state index >= 15 is 0 Å². The molecule has 20 heavy (non-hydrogen) atoms. The summed E-state index contributed by atoms with van der Waals surface area (Å²) in [6.07, 6.45) is -4.06. The molecule has 2 aromatic rings. The van der Waals surface area contributed by atoms with Crippen molar-refractivity contribution >= 4 is 6.29 Å². The number of halogens is 3. The standard InChI is InChI=1S/C15H11F3O2/c1-10-5-6-12(9-19)14(7-10)11-3-2-4-13(8-11)20-15(16,17)18/h2-9H,1H3. The van der Waals surface area contributed by atoms with E-state index in [1.807, 2.05) is 6.92 Å². The first-order chi connectivity index (χ1) is 9.39. The molecule has 0 saturated carbocycles. The fourth-order valence-corrected chi connectivity index (χ4v) is 1.88. The molecule has 0 aliphatic heterocycles. The van der Waals surface area contributed by atoms with E-state index in [1.165, 1.54) is 18.2 Å². The molecule has 0 fully saturated rings. The molecule has 104 valence electrons. The number of benzene rings is 2. The molecule has 2 rings (SSSR count). The second kappa shape index (κ2) is 5.36. The minimum atomic E-state index is -4.74. The number of ether oxygens (including phenoxy) is 1. The summed E-state index contributed by atoms with van der Waals surface area (Å²) in [6.45, 7) is 1.84. The van der Waals surface area contributed by atoms with Gasteiger partial charge >= 0.3 is 6.36 Å². The molecule has 0 unspecified atom stereocenters. The van der Waals surface area contributed by atoms with Crippen molar-refractivity contribution in [1.82, 2.24) is 0 Å². The SMILES string of the molecule is Cc1ccc(C=O)c(-c2cccc(OC(F)(F)F)c2)c1. The minimum absolute atomic E-state index is 0.312. The summed E-state index contributed by atoms with van der Waals surface area (Å²) in [4.78, 5) is 11.0. The highest BCUT2D eigenvalue weighted by Crippen LogP contribution is 2.29. The van der Waals surface area contributed by atoms with Gasteiger partial charge < -0.3 is 4.74 Å². The van der Waals surface area contributed by atoms with Crippen molar-refractivity contribution in [2.45, 2.75) is 13.3 Å². The number of rotatable bonds is 3. The number of aryl methyl sites for hydroxylation is 1. The van der Waals surface area contributed by atoms with Crippen LogP contribution in [0.25, 0.3) is 11.1 Å².